The van der Waals surface area contributed by atoms with Gasteiger partial charge in [0.05, 0.1) is 6.20 Å². The topological polar surface area (TPSA) is 75.6 Å². The van der Waals surface area contributed by atoms with E-state index in [1.54, 1.807) is 24.8 Å². The number of aryl methyl sites for hydroxylation is 1. The average molecular weight is 244 g/mol. The predicted octanol–water partition coefficient (Wildman–Crippen LogP) is 2.14. The van der Waals surface area contributed by atoms with Gasteiger partial charge in [-0.05, 0) is 13.3 Å². The highest BCUT2D eigenvalue weighted by Gasteiger charge is 2.03. The van der Waals surface area contributed by atoms with Gasteiger partial charge >= 0.3 is 0 Å². The number of nitrogens with zero attached hydrogens (tertiary/aromatic N) is 4. The molecule has 0 radical (unpaired) electrons. The summed E-state index contributed by atoms with van der Waals surface area (Å²) >= 11 is 0. The molecule has 6 heteroatoms. The van der Waals surface area contributed by atoms with E-state index in [0.717, 1.165) is 24.3 Å². The molecule has 2 aromatic heterocycles. The van der Waals surface area contributed by atoms with Crippen molar-refractivity contribution in [2.45, 2.75) is 20.3 Å². The van der Waals surface area contributed by atoms with Gasteiger partial charge in [0.25, 0.3) is 0 Å². The van der Waals surface area contributed by atoms with E-state index in [9.17, 15) is 0 Å². The van der Waals surface area contributed by atoms with E-state index in [4.69, 9.17) is 0 Å². The molecule has 94 valence electrons. The molecule has 6 nitrogen and oxygen atoms in total. The lowest BCUT2D eigenvalue weighted by Crippen LogP contribution is -2.07. The Labute approximate surface area is 106 Å². The minimum atomic E-state index is 0.514. The second-order valence-electron chi connectivity index (χ2n) is 3.87. The van der Waals surface area contributed by atoms with E-state index >= 15 is 0 Å². The lowest BCUT2D eigenvalue weighted by atomic mass is 10.3. The van der Waals surface area contributed by atoms with Crippen LogP contribution in [0.5, 0.6) is 0 Å². The lowest BCUT2D eigenvalue weighted by molar-refractivity contribution is 0.960. The molecule has 2 aromatic rings. The Hall–Kier alpha value is -2.24. The molecule has 0 amide bonds. The maximum Gasteiger partial charge on any atom is 0.230 e. The molecule has 0 saturated heterocycles. The van der Waals surface area contributed by atoms with Gasteiger partial charge in [-0.1, -0.05) is 6.92 Å². The lowest BCUT2D eigenvalue weighted by Gasteiger charge is -2.09. The SMILES string of the molecule is CCCNc1nc(Nc2cnccn2)ncc1C. The van der Waals surface area contributed by atoms with Crippen LogP contribution in [0.2, 0.25) is 0 Å². The number of hydrogen-bond donors (Lipinski definition) is 2. The minimum absolute atomic E-state index is 0.514. The molecule has 0 atom stereocenters. The molecular weight excluding hydrogens is 228 g/mol. The van der Waals surface area contributed by atoms with Crippen LogP contribution >= 0.6 is 0 Å². The van der Waals surface area contributed by atoms with Gasteiger partial charge in [-0.15, -0.1) is 0 Å². The maximum atomic E-state index is 4.40. The van der Waals surface area contributed by atoms with Crippen molar-refractivity contribution in [1.82, 2.24) is 19.9 Å². The van der Waals surface area contributed by atoms with Gasteiger partial charge < -0.3 is 10.6 Å². The molecule has 2 rings (SSSR count). The zero-order valence-electron chi connectivity index (χ0n) is 10.5. The van der Waals surface area contributed by atoms with Crippen molar-refractivity contribution in [3.05, 3.63) is 30.4 Å². The standard InChI is InChI=1S/C12H16N6/c1-3-4-15-11-9(2)7-16-12(18-11)17-10-8-13-5-6-14-10/h5-8H,3-4H2,1-2H3,(H2,14,15,16,17,18). The second-order valence-corrected chi connectivity index (χ2v) is 3.87. The van der Waals surface area contributed by atoms with E-state index in [-0.39, 0.29) is 0 Å². The van der Waals surface area contributed by atoms with Crippen molar-refractivity contribution < 1.29 is 0 Å². The number of rotatable bonds is 5. The molecule has 0 aromatic carbocycles. The van der Waals surface area contributed by atoms with E-state index in [1.807, 2.05) is 6.92 Å². The van der Waals surface area contributed by atoms with Crippen LogP contribution in [0.25, 0.3) is 0 Å². The van der Waals surface area contributed by atoms with Gasteiger partial charge in [0, 0.05) is 30.7 Å². The second kappa shape index (κ2) is 5.90. The summed E-state index contributed by atoms with van der Waals surface area (Å²) in [7, 11) is 0. The summed E-state index contributed by atoms with van der Waals surface area (Å²) in [5.74, 6) is 1.99. The van der Waals surface area contributed by atoms with Crippen molar-refractivity contribution in [3.63, 3.8) is 0 Å². The van der Waals surface area contributed by atoms with Gasteiger partial charge in [-0.2, -0.15) is 4.98 Å². The maximum absolute atomic E-state index is 4.40. The first-order valence-electron chi connectivity index (χ1n) is 5.90. The summed E-state index contributed by atoms with van der Waals surface area (Å²) < 4.78 is 0. The molecule has 18 heavy (non-hydrogen) atoms. The highest BCUT2D eigenvalue weighted by atomic mass is 15.2. The van der Waals surface area contributed by atoms with E-state index < -0.39 is 0 Å². The molecule has 0 fully saturated rings. The molecule has 0 spiro atoms. The third-order valence-electron chi connectivity index (χ3n) is 2.32. The molecule has 0 saturated carbocycles. The molecule has 2 N–H and O–H groups in total. The predicted molar refractivity (Wildman–Crippen MR) is 70.9 cm³/mol. The van der Waals surface area contributed by atoms with Crippen molar-refractivity contribution in [1.29, 1.82) is 0 Å². The largest absolute Gasteiger partial charge is 0.370 e. The van der Waals surface area contributed by atoms with Gasteiger partial charge in [0.1, 0.15) is 5.82 Å². The Morgan fingerprint density at radius 1 is 1.17 bits per heavy atom. The van der Waals surface area contributed by atoms with Crippen molar-refractivity contribution in [3.8, 4) is 0 Å². The third kappa shape index (κ3) is 3.13. The Balaban J connectivity index is 2.14. The summed E-state index contributed by atoms with van der Waals surface area (Å²) in [5.41, 5.74) is 1.02. The average Bonchev–Trinajstić information content (AvgIpc) is 2.40. The summed E-state index contributed by atoms with van der Waals surface area (Å²) in [6.45, 7) is 4.98. The Bertz CT molecular complexity index is 499. The third-order valence-corrected chi connectivity index (χ3v) is 2.32. The zero-order chi connectivity index (χ0) is 12.8. The van der Waals surface area contributed by atoms with Crippen LogP contribution in [0, 0.1) is 6.92 Å². The first kappa shape index (κ1) is 12.2. The first-order valence-corrected chi connectivity index (χ1v) is 5.90. The summed E-state index contributed by atoms with van der Waals surface area (Å²) in [5, 5.41) is 6.27. The van der Waals surface area contributed by atoms with E-state index in [1.165, 1.54) is 0 Å². The zero-order valence-corrected chi connectivity index (χ0v) is 10.5. The minimum Gasteiger partial charge on any atom is -0.370 e. The van der Waals surface area contributed by atoms with Gasteiger partial charge in [-0.3, -0.25) is 4.98 Å². The highest BCUT2D eigenvalue weighted by Crippen LogP contribution is 2.14. The number of anilines is 3. The number of hydrogen-bond acceptors (Lipinski definition) is 6. The van der Waals surface area contributed by atoms with Gasteiger partial charge in [-0.25, -0.2) is 9.97 Å². The van der Waals surface area contributed by atoms with Crippen LogP contribution in [0.3, 0.4) is 0 Å². The Morgan fingerprint density at radius 2 is 2.06 bits per heavy atom. The molecule has 0 aliphatic heterocycles. The fourth-order valence-electron chi connectivity index (χ4n) is 1.40. The smallest absolute Gasteiger partial charge is 0.230 e. The molecule has 0 aliphatic rings. The van der Waals surface area contributed by atoms with Crippen molar-refractivity contribution in [2.24, 2.45) is 0 Å². The number of aromatic nitrogens is 4. The monoisotopic (exact) mass is 244 g/mol. The van der Waals surface area contributed by atoms with Crippen molar-refractivity contribution >= 4 is 17.6 Å². The fraction of sp³-hybridized carbons (Fsp3) is 0.333. The molecule has 0 bridgehead atoms. The normalized spacial score (nSPS) is 10.1. The summed E-state index contributed by atoms with van der Waals surface area (Å²) in [6, 6.07) is 0. The first-order chi connectivity index (χ1) is 8.79. The van der Waals surface area contributed by atoms with Gasteiger partial charge in [0.2, 0.25) is 5.95 Å². The Kier molecular flexibility index (Phi) is 4.01. The van der Waals surface area contributed by atoms with Crippen LogP contribution in [-0.2, 0) is 0 Å². The van der Waals surface area contributed by atoms with Crippen LogP contribution < -0.4 is 10.6 Å². The van der Waals surface area contributed by atoms with E-state index in [2.05, 4.69) is 37.5 Å². The quantitative estimate of drug-likeness (QED) is 0.839. The van der Waals surface area contributed by atoms with Crippen LogP contribution in [0.4, 0.5) is 17.6 Å². The van der Waals surface area contributed by atoms with Crippen LogP contribution in [0.1, 0.15) is 18.9 Å². The van der Waals surface area contributed by atoms with Crippen LogP contribution in [0.15, 0.2) is 24.8 Å². The van der Waals surface area contributed by atoms with Crippen LogP contribution in [-0.4, -0.2) is 26.5 Å². The number of nitrogens with one attached hydrogen (secondary N) is 2. The molecule has 0 aliphatic carbocycles. The van der Waals surface area contributed by atoms with Crippen molar-refractivity contribution in [2.75, 3.05) is 17.2 Å². The fourth-order valence-corrected chi connectivity index (χ4v) is 1.40. The summed E-state index contributed by atoms with van der Waals surface area (Å²) in [4.78, 5) is 16.7. The Morgan fingerprint density at radius 3 is 2.78 bits per heavy atom. The highest BCUT2D eigenvalue weighted by molar-refractivity contribution is 5.51. The summed E-state index contributed by atoms with van der Waals surface area (Å²) in [6.07, 6.45) is 7.70. The van der Waals surface area contributed by atoms with E-state index in [0.29, 0.717) is 11.8 Å². The molecule has 0 unspecified atom stereocenters. The van der Waals surface area contributed by atoms with Gasteiger partial charge in [0.15, 0.2) is 5.82 Å². The molecular formula is C12H16N6. The molecule has 2 heterocycles.